The molecule has 2 aromatic carbocycles. The first-order valence-corrected chi connectivity index (χ1v) is 12.2. The molecule has 0 saturated carbocycles. The van der Waals surface area contributed by atoms with Gasteiger partial charge >= 0.3 is 0 Å². The quantitative estimate of drug-likeness (QED) is 0.602. The molecule has 2 N–H and O–H groups in total. The maximum Gasteiger partial charge on any atom is 0.276 e. The van der Waals surface area contributed by atoms with Gasteiger partial charge in [0, 0.05) is 31.6 Å². The third kappa shape index (κ3) is 5.74. The Balaban J connectivity index is 1.42. The van der Waals surface area contributed by atoms with Gasteiger partial charge in [0.1, 0.15) is 11.5 Å². The lowest BCUT2D eigenvalue weighted by molar-refractivity contribution is -0.130. The molecule has 4 rings (SSSR count). The Morgan fingerprint density at radius 3 is 2.53 bits per heavy atom. The zero-order valence-electron chi connectivity index (χ0n) is 18.6. The zero-order valence-corrected chi connectivity index (χ0v) is 19.4. The van der Waals surface area contributed by atoms with Gasteiger partial charge in [-0.25, -0.2) is 4.39 Å². The molecule has 0 radical (unpaired) electrons. The third-order valence-corrected chi connectivity index (χ3v) is 6.66. The van der Waals surface area contributed by atoms with Crippen LogP contribution in [-0.2, 0) is 14.4 Å². The Hall–Kier alpha value is -3.40. The van der Waals surface area contributed by atoms with Crippen molar-refractivity contribution in [1.82, 2.24) is 10.3 Å². The van der Waals surface area contributed by atoms with Crippen LogP contribution in [0.2, 0.25) is 0 Å². The minimum atomic E-state index is -0.640. The predicted molar refractivity (Wildman–Crippen MR) is 131 cm³/mol. The van der Waals surface area contributed by atoms with Crippen LogP contribution >= 0.6 is 11.8 Å². The molecule has 0 unspecified atom stereocenters. The summed E-state index contributed by atoms with van der Waals surface area (Å²) in [6, 6.07) is 15.0. The number of halogens is 1. The summed E-state index contributed by atoms with van der Waals surface area (Å²) < 4.78 is 13.8. The number of nitrogens with one attached hydrogen (secondary N) is 2. The van der Waals surface area contributed by atoms with Crippen molar-refractivity contribution in [2.45, 2.75) is 31.2 Å². The predicted octanol–water partition coefficient (Wildman–Crippen LogP) is 3.18. The molecule has 34 heavy (non-hydrogen) atoms. The highest BCUT2D eigenvalue weighted by molar-refractivity contribution is 8.00. The lowest BCUT2D eigenvalue weighted by Crippen LogP contribution is -2.53. The largest absolute Gasteiger partial charge is 0.343 e. The molecule has 1 fully saturated rings. The number of thioether (sulfide) groups is 1. The van der Waals surface area contributed by atoms with Gasteiger partial charge in [-0.15, -0.1) is 11.8 Å². The smallest absolute Gasteiger partial charge is 0.276 e. The second kappa shape index (κ2) is 11.1. The van der Waals surface area contributed by atoms with E-state index in [1.54, 1.807) is 24.3 Å². The SMILES string of the molecule is O=C(CS[C@@H]1NN=C(CCC(=O)N2CCCC2)C(=O)N1c1ccccc1)Nc1ccccc1F. The topological polar surface area (TPSA) is 94.1 Å². The van der Waals surface area contributed by atoms with Crippen LogP contribution in [0.25, 0.3) is 0 Å². The van der Waals surface area contributed by atoms with E-state index < -0.39 is 17.2 Å². The number of nitrogens with zero attached hydrogens (tertiary/aromatic N) is 3. The number of hydrogen-bond donors (Lipinski definition) is 2. The van der Waals surface area contributed by atoms with Gasteiger partial charge in [0.2, 0.25) is 11.8 Å². The van der Waals surface area contributed by atoms with Crippen molar-refractivity contribution < 1.29 is 18.8 Å². The molecular weight excluding hydrogens is 457 g/mol. The zero-order chi connectivity index (χ0) is 23.9. The highest BCUT2D eigenvalue weighted by Gasteiger charge is 2.33. The van der Waals surface area contributed by atoms with Gasteiger partial charge in [-0.2, -0.15) is 5.10 Å². The maximum atomic E-state index is 13.8. The average molecular weight is 484 g/mol. The number of amides is 3. The molecule has 2 aliphatic rings. The Kier molecular flexibility index (Phi) is 7.79. The third-order valence-electron chi connectivity index (χ3n) is 5.60. The number of para-hydroxylation sites is 2. The van der Waals surface area contributed by atoms with Gasteiger partial charge in [0.25, 0.3) is 5.91 Å². The van der Waals surface area contributed by atoms with Crippen molar-refractivity contribution in [3.05, 3.63) is 60.4 Å². The lowest BCUT2D eigenvalue weighted by Gasteiger charge is -2.34. The van der Waals surface area contributed by atoms with E-state index in [0.717, 1.165) is 37.7 Å². The second-order valence-electron chi connectivity index (χ2n) is 7.98. The molecule has 1 saturated heterocycles. The first kappa shape index (κ1) is 23.7. The lowest BCUT2D eigenvalue weighted by atomic mass is 10.1. The first-order valence-electron chi connectivity index (χ1n) is 11.2. The summed E-state index contributed by atoms with van der Waals surface area (Å²) in [6.07, 6.45) is 2.48. The van der Waals surface area contributed by atoms with Crippen molar-refractivity contribution in [2.24, 2.45) is 5.10 Å². The Morgan fingerprint density at radius 2 is 1.79 bits per heavy atom. The summed E-state index contributed by atoms with van der Waals surface area (Å²) in [6.45, 7) is 1.53. The highest BCUT2D eigenvalue weighted by Crippen LogP contribution is 2.26. The molecule has 2 aromatic rings. The minimum Gasteiger partial charge on any atom is -0.343 e. The molecule has 0 bridgehead atoms. The maximum absolute atomic E-state index is 13.8. The van der Waals surface area contributed by atoms with Crippen LogP contribution in [0.3, 0.4) is 0 Å². The van der Waals surface area contributed by atoms with Crippen LogP contribution in [0.15, 0.2) is 59.7 Å². The van der Waals surface area contributed by atoms with Crippen molar-refractivity contribution in [3.8, 4) is 0 Å². The molecule has 0 spiro atoms. The number of carbonyl (C=O) groups is 3. The molecule has 1 atom stereocenters. The molecule has 2 aliphatic heterocycles. The van der Waals surface area contributed by atoms with Gasteiger partial charge < -0.3 is 10.2 Å². The van der Waals surface area contributed by atoms with E-state index in [9.17, 15) is 18.8 Å². The average Bonchev–Trinajstić information content (AvgIpc) is 3.39. The fourth-order valence-electron chi connectivity index (χ4n) is 3.85. The van der Waals surface area contributed by atoms with Crippen LogP contribution in [0.5, 0.6) is 0 Å². The van der Waals surface area contributed by atoms with Gasteiger partial charge in [-0.1, -0.05) is 30.3 Å². The first-order chi connectivity index (χ1) is 16.5. The van der Waals surface area contributed by atoms with Crippen LogP contribution in [0.4, 0.5) is 15.8 Å². The summed E-state index contributed by atoms with van der Waals surface area (Å²) >= 11 is 1.16. The summed E-state index contributed by atoms with van der Waals surface area (Å²) in [5, 5.41) is 6.77. The van der Waals surface area contributed by atoms with E-state index >= 15 is 0 Å². The molecule has 0 aliphatic carbocycles. The summed E-state index contributed by atoms with van der Waals surface area (Å²) in [5.41, 5.74) is 3.32. The van der Waals surface area contributed by atoms with Crippen LogP contribution < -0.4 is 15.6 Å². The Labute approximate surface area is 201 Å². The number of anilines is 2. The van der Waals surface area contributed by atoms with Crippen molar-refractivity contribution >= 4 is 46.6 Å². The van der Waals surface area contributed by atoms with Crippen LogP contribution in [-0.4, -0.2) is 52.7 Å². The Bertz CT molecular complexity index is 1080. The number of likely N-dealkylation sites (tertiary alicyclic amines) is 1. The number of hydrogen-bond acceptors (Lipinski definition) is 6. The molecule has 2 heterocycles. The van der Waals surface area contributed by atoms with Crippen molar-refractivity contribution in [2.75, 3.05) is 29.1 Å². The molecule has 3 amide bonds. The van der Waals surface area contributed by atoms with E-state index in [1.807, 2.05) is 23.1 Å². The second-order valence-corrected chi connectivity index (χ2v) is 9.05. The van der Waals surface area contributed by atoms with E-state index in [-0.39, 0.29) is 41.8 Å². The number of carbonyl (C=O) groups excluding carboxylic acids is 3. The molecule has 10 heteroatoms. The molecular formula is C24H26FN5O3S. The fourth-order valence-corrected chi connectivity index (χ4v) is 4.73. The number of hydrazone groups is 1. The van der Waals surface area contributed by atoms with Gasteiger partial charge in [-0.3, -0.25) is 24.7 Å². The highest BCUT2D eigenvalue weighted by atomic mass is 32.2. The number of rotatable bonds is 8. The fraction of sp³-hybridized carbons (Fsp3) is 0.333. The summed E-state index contributed by atoms with van der Waals surface area (Å²) in [5.74, 6) is -1.23. The van der Waals surface area contributed by atoms with E-state index in [2.05, 4.69) is 15.8 Å². The van der Waals surface area contributed by atoms with E-state index in [0.29, 0.717) is 5.69 Å². The van der Waals surface area contributed by atoms with E-state index in [1.165, 1.54) is 17.0 Å². The van der Waals surface area contributed by atoms with Gasteiger partial charge in [0.05, 0.1) is 11.4 Å². The van der Waals surface area contributed by atoms with Crippen LogP contribution in [0.1, 0.15) is 25.7 Å². The summed E-state index contributed by atoms with van der Waals surface area (Å²) in [7, 11) is 0. The van der Waals surface area contributed by atoms with Crippen LogP contribution in [0, 0.1) is 5.82 Å². The van der Waals surface area contributed by atoms with Gasteiger partial charge in [-0.05, 0) is 37.1 Å². The van der Waals surface area contributed by atoms with Gasteiger partial charge in [0.15, 0.2) is 5.50 Å². The van der Waals surface area contributed by atoms with Crippen molar-refractivity contribution in [1.29, 1.82) is 0 Å². The standard InChI is InChI=1S/C24H26FN5O3S/c25-18-10-4-5-11-19(18)26-21(31)16-34-24-28-27-20(12-13-22(32)29-14-6-7-15-29)23(33)30(24)17-8-2-1-3-9-17/h1-5,8-11,24,28H,6-7,12-16H2,(H,26,31)/t24-/m1/s1. The molecule has 0 aromatic heterocycles. The number of benzene rings is 2. The van der Waals surface area contributed by atoms with Crippen molar-refractivity contribution in [3.63, 3.8) is 0 Å². The van der Waals surface area contributed by atoms with E-state index in [4.69, 9.17) is 0 Å². The minimum absolute atomic E-state index is 0.0269. The Morgan fingerprint density at radius 1 is 1.09 bits per heavy atom. The monoisotopic (exact) mass is 483 g/mol. The summed E-state index contributed by atoms with van der Waals surface area (Å²) in [4.78, 5) is 41.5. The molecule has 178 valence electrons. The molecule has 8 nitrogen and oxygen atoms in total. The normalized spacial score (nSPS) is 17.9.